The first-order valence-corrected chi connectivity index (χ1v) is 5.84. The maximum atomic E-state index is 8.74. The zero-order chi connectivity index (χ0) is 10.1. The van der Waals surface area contributed by atoms with Gasteiger partial charge in [-0.2, -0.15) is 0 Å². The van der Waals surface area contributed by atoms with Gasteiger partial charge in [0, 0.05) is 30.7 Å². The molecule has 3 heteroatoms. The van der Waals surface area contributed by atoms with Crippen LogP contribution in [0.3, 0.4) is 0 Å². The second-order valence-corrected chi connectivity index (χ2v) is 4.93. The third-order valence-corrected chi connectivity index (χ3v) is 3.64. The minimum atomic E-state index is 0.264. The van der Waals surface area contributed by atoms with Crippen LogP contribution in [0.15, 0.2) is 0 Å². The Morgan fingerprint density at radius 3 is 2.43 bits per heavy atom. The van der Waals surface area contributed by atoms with Crippen LogP contribution < -0.4 is 5.32 Å². The molecule has 0 radical (unpaired) electrons. The van der Waals surface area contributed by atoms with Gasteiger partial charge in [0.15, 0.2) is 0 Å². The van der Waals surface area contributed by atoms with E-state index in [1.54, 1.807) is 0 Å². The van der Waals surface area contributed by atoms with Gasteiger partial charge in [0.25, 0.3) is 0 Å². The lowest BCUT2D eigenvalue weighted by Gasteiger charge is -2.57. The summed E-state index contributed by atoms with van der Waals surface area (Å²) < 4.78 is 0. The highest BCUT2D eigenvalue weighted by atomic mass is 16.3. The Hall–Kier alpha value is -0.120. The fourth-order valence-corrected chi connectivity index (χ4v) is 3.19. The monoisotopic (exact) mass is 198 g/mol. The average molecular weight is 198 g/mol. The molecule has 3 fully saturated rings. The molecular weight excluding hydrogens is 176 g/mol. The summed E-state index contributed by atoms with van der Waals surface area (Å²) >= 11 is 0. The van der Waals surface area contributed by atoms with Crippen molar-refractivity contribution in [2.24, 2.45) is 0 Å². The Labute approximate surface area is 86.5 Å². The van der Waals surface area contributed by atoms with E-state index in [9.17, 15) is 0 Å². The lowest BCUT2D eigenvalue weighted by molar-refractivity contribution is -0.0636. The van der Waals surface area contributed by atoms with Gasteiger partial charge in [0.2, 0.25) is 0 Å². The second kappa shape index (κ2) is 4.17. The Morgan fingerprint density at radius 2 is 1.93 bits per heavy atom. The van der Waals surface area contributed by atoms with E-state index in [2.05, 4.69) is 24.1 Å². The molecule has 0 amide bonds. The molecule has 3 nitrogen and oxygen atoms in total. The van der Waals surface area contributed by atoms with Gasteiger partial charge >= 0.3 is 0 Å². The molecule has 0 spiro atoms. The molecule has 1 aliphatic carbocycles. The van der Waals surface area contributed by atoms with Crippen LogP contribution in [0, 0.1) is 0 Å². The van der Waals surface area contributed by atoms with Crippen LogP contribution in [-0.2, 0) is 0 Å². The summed E-state index contributed by atoms with van der Waals surface area (Å²) in [6.07, 6.45) is 3.94. The highest BCUT2D eigenvalue weighted by Crippen LogP contribution is 2.39. The van der Waals surface area contributed by atoms with E-state index in [0.29, 0.717) is 12.1 Å². The largest absolute Gasteiger partial charge is 0.395 e. The standard InChI is InChI=1S/C11H22N2O/c1-8(2)13-10-5-9(12-3-4-14)6-11(13)7-10/h8-12,14H,3-7H2,1-2H3/t9?,10-,11?/m0/s1. The van der Waals surface area contributed by atoms with E-state index in [-0.39, 0.29) is 6.61 Å². The quantitative estimate of drug-likeness (QED) is 0.694. The maximum Gasteiger partial charge on any atom is 0.0556 e. The van der Waals surface area contributed by atoms with Crippen molar-refractivity contribution in [2.75, 3.05) is 13.2 Å². The van der Waals surface area contributed by atoms with Crippen molar-refractivity contribution < 1.29 is 5.11 Å². The molecule has 2 unspecified atom stereocenters. The fourth-order valence-electron chi connectivity index (χ4n) is 3.19. The first-order valence-electron chi connectivity index (χ1n) is 5.84. The molecular formula is C11H22N2O. The third-order valence-electron chi connectivity index (χ3n) is 3.64. The first kappa shape index (κ1) is 10.4. The van der Waals surface area contributed by atoms with Crippen molar-refractivity contribution in [1.82, 2.24) is 10.2 Å². The predicted molar refractivity (Wildman–Crippen MR) is 57.3 cm³/mol. The first-order chi connectivity index (χ1) is 6.72. The molecule has 82 valence electrons. The van der Waals surface area contributed by atoms with Crippen molar-refractivity contribution in [3.05, 3.63) is 0 Å². The van der Waals surface area contributed by atoms with E-state index in [1.165, 1.54) is 19.3 Å². The van der Waals surface area contributed by atoms with Gasteiger partial charge < -0.3 is 10.4 Å². The second-order valence-electron chi connectivity index (χ2n) is 4.93. The molecule has 0 aromatic rings. The lowest BCUT2D eigenvalue weighted by Crippen LogP contribution is -2.65. The van der Waals surface area contributed by atoms with Crippen LogP contribution in [0.25, 0.3) is 0 Å². The van der Waals surface area contributed by atoms with Gasteiger partial charge in [-0.3, -0.25) is 4.90 Å². The van der Waals surface area contributed by atoms with E-state index >= 15 is 0 Å². The number of piperidine rings is 1. The Balaban J connectivity index is 1.80. The van der Waals surface area contributed by atoms with Crippen molar-refractivity contribution >= 4 is 0 Å². The minimum absolute atomic E-state index is 0.264. The number of fused-ring (bicyclic) bond motifs is 2. The van der Waals surface area contributed by atoms with Crippen LogP contribution in [-0.4, -0.2) is 47.3 Å². The van der Waals surface area contributed by atoms with Gasteiger partial charge in [-0.15, -0.1) is 0 Å². The number of aliphatic hydroxyl groups excluding tert-OH is 1. The van der Waals surface area contributed by atoms with E-state index in [1.807, 2.05) is 0 Å². The summed E-state index contributed by atoms with van der Waals surface area (Å²) in [5.74, 6) is 0. The SMILES string of the molecule is CC(C)N1C2CC(NCCO)C[C@H]1C2. The molecule has 2 heterocycles. The van der Waals surface area contributed by atoms with Crippen molar-refractivity contribution in [3.8, 4) is 0 Å². The summed E-state index contributed by atoms with van der Waals surface area (Å²) in [5.41, 5.74) is 0. The van der Waals surface area contributed by atoms with Crippen LogP contribution in [0.4, 0.5) is 0 Å². The molecule has 0 aromatic heterocycles. The number of rotatable bonds is 4. The van der Waals surface area contributed by atoms with Crippen LogP contribution in [0.5, 0.6) is 0 Å². The molecule has 14 heavy (non-hydrogen) atoms. The van der Waals surface area contributed by atoms with Gasteiger partial charge in [-0.25, -0.2) is 0 Å². The number of hydrogen-bond donors (Lipinski definition) is 2. The zero-order valence-electron chi connectivity index (χ0n) is 9.24. The highest BCUT2D eigenvalue weighted by Gasteiger charge is 2.45. The van der Waals surface area contributed by atoms with E-state index < -0.39 is 0 Å². The van der Waals surface area contributed by atoms with Crippen molar-refractivity contribution in [3.63, 3.8) is 0 Å². The van der Waals surface area contributed by atoms with Crippen LogP contribution >= 0.6 is 0 Å². The van der Waals surface area contributed by atoms with Crippen molar-refractivity contribution in [2.45, 2.75) is 57.3 Å². The predicted octanol–water partition coefficient (Wildman–Crippen LogP) is 0.582. The number of nitrogens with one attached hydrogen (secondary N) is 1. The number of nitrogens with zero attached hydrogens (tertiary/aromatic N) is 1. The van der Waals surface area contributed by atoms with Gasteiger partial charge in [-0.1, -0.05) is 0 Å². The van der Waals surface area contributed by atoms with E-state index in [0.717, 1.165) is 18.6 Å². The summed E-state index contributed by atoms with van der Waals surface area (Å²) in [6, 6.07) is 2.98. The van der Waals surface area contributed by atoms with E-state index in [4.69, 9.17) is 5.11 Å². The van der Waals surface area contributed by atoms with Crippen molar-refractivity contribution in [1.29, 1.82) is 0 Å². The molecule has 3 atom stereocenters. The molecule has 2 N–H and O–H groups in total. The summed E-state index contributed by atoms with van der Waals surface area (Å²) in [4.78, 5) is 2.65. The fraction of sp³-hybridized carbons (Fsp3) is 1.00. The highest BCUT2D eigenvalue weighted by molar-refractivity contribution is 5.03. The van der Waals surface area contributed by atoms with Gasteiger partial charge in [0.05, 0.1) is 6.61 Å². The number of hydrogen-bond acceptors (Lipinski definition) is 3. The molecule has 1 saturated carbocycles. The molecule has 2 saturated heterocycles. The molecule has 3 aliphatic rings. The zero-order valence-corrected chi connectivity index (χ0v) is 9.24. The third kappa shape index (κ3) is 1.81. The number of aliphatic hydroxyl groups is 1. The van der Waals surface area contributed by atoms with Gasteiger partial charge in [-0.05, 0) is 33.1 Å². The lowest BCUT2D eigenvalue weighted by atomic mass is 9.76. The Kier molecular flexibility index (Phi) is 3.10. The molecule has 3 rings (SSSR count). The van der Waals surface area contributed by atoms with Crippen LogP contribution in [0.1, 0.15) is 33.1 Å². The normalized spacial score (nSPS) is 37.3. The van der Waals surface area contributed by atoms with Gasteiger partial charge in [0.1, 0.15) is 0 Å². The summed E-state index contributed by atoms with van der Waals surface area (Å²) in [5, 5.41) is 12.2. The Morgan fingerprint density at radius 1 is 1.29 bits per heavy atom. The van der Waals surface area contributed by atoms with Crippen LogP contribution in [0.2, 0.25) is 0 Å². The molecule has 2 bridgehead atoms. The maximum absolute atomic E-state index is 8.74. The molecule has 0 aromatic carbocycles. The average Bonchev–Trinajstić information content (AvgIpc) is 2.14. The summed E-state index contributed by atoms with van der Waals surface area (Å²) in [7, 11) is 0. The Bertz CT molecular complexity index is 184. The minimum Gasteiger partial charge on any atom is -0.395 e. The molecule has 2 aliphatic heterocycles. The smallest absolute Gasteiger partial charge is 0.0556 e. The topological polar surface area (TPSA) is 35.5 Å². The summed E-state index contributed by atoms with van der Waals surface area (Å²) in [6.45, 7) is 5.60.